The van der Waals surface area contributed by atoms with Gasteiger partial charge in [0.2, 0.25) is 0 Å². The zero-order valence-corrected chi connectivity index (χ0v) is 13.8. The molecule has 116 valence electrons. The molecule has 0 amide bonds. The SMILES string of the molecule is CC1NC(C#Cc2cnc(O[C@@H](C)c3ccccc3)nc2)=CS1. The van der Waals surface area contributed by atoms with Gasteiger partial charge in [-0.05, 0) is 25.3 Å². The summed E-state index contributed by atoms with van der Waals surface area (Å²) in [7, 11) is 0. The number of nitrogens with zero attached hydrogens (tertiary/aromatic N) is 2. The number of ether oxygens (including phenoxy) is 1. The van der Waals surface area contributed by atoms with E-state index in [2.05, 4.69) is 34.0 Å². The minimum Gasteiger partial charge on any atom is -0.456 e. The third-order valence-corrected chi connectivity index (χ3v) is 4.17. The maximum Gasteiger partial charge on any atom is 0.316 e. The Bertz CT molecular complexity index is 747. The predicted octanol–water partition coefficient (Wildman–Crippen LogP) is 3.49. The standard InChI is InChI=1S/C18H17N3OS/c1-13(16-6-4-3-5-7-16)22-18-19-10-15(11-20-18)8-9-17-12-23-14(2)21-17/h3-7,10-14,21H,1-2H3/t13-,14?/m0/s1. The Morgan fingerprint density at radius 1 is 1.17 bits per heavy atom. The van der Waals surface area contributed by atoms with Crippen LogP contribution in [0.3, 0.4) is 0 Å². The number of nitrogens with one attached hydrogen (secondary N) is 1. The summed E-state index contributed by atoms with van der Waals surface area (Å²) in [4.78, 5) is 8.45. The van der Waals surface area contributed by atoms with E-state index < -0.39 is 0 Å². The molecule has 23 heavy (non-hydrogen) atoms. The second-order valence-corrected chi connectivity index (χ2v) is 6.34. The summed E-state index contributed by atoms with van der Waals surface area (Å²) in [6.45, 7) is 4.07. The van der Waals surface area contributed by atoms with Crippen LogP contribution in [0.4, 0.5) is 0 Å². The number of benzene rings is 1. The Labute approximate surface area is 140 Å². The Morgan fingerprint density at radius 3 is 2.57 bits per heavy atom. The second-order valence-electron chi connectivity index (χ2n) is 5.13. The zero-order chi connectivity index (χ0) is 16.1. The fourth-order valence-corrected chi connectivity index (χ4v) is 2.72. The highest BCUT2D eigenvalue weighted by molar-refractivity contribution is 8.02. The molecule has 0 fully saturated rings. The average Bonchev–Trinajstić information content (AvgIpc) is 3.00. The Morgan fingerprint density at radius 2 is 1.91 bits per heavy atom. The summed E-state index contributed by atoms with van der Waals surface area (Å²) in [5.74, 6) is 6.12. The van der Waals surface area contributed by atoms with Crippen molar-refractivity contribution in [2.45, 2.75) is 25.3 Å². The van der Waals surface area contributed by atoms with Gasteiger partial charge in [-0.15, -0.1) is 11.8 Å². The summed E-state index contributed by atoms with van der Waals surface area (Å²) < 4.78 is 5.75. The van der Waals surface area contributed by atoms with E-state index in [1.54, 1.807) is 24.2 Å². The molecule has 0 saturated carbocycles. The molecule has 0 saturated heterocycles. The molecule has 0 radical (unpaired) electrons. The first kappa shape index (κ1) is 15.4. The number of thioether (sulfide) groups is 1. The molecule has 1 unspecified atom stereocenters. The van der Waals surface area contributed by atoms with Crippen LogP contribution < -0.4 is 10.1 Å². The first-order chi connectivity index (χ1) is 11.2. The molecule has 4 nitrogen and oxygen atoms in total. The van der Waals surface area contributed by atoms with Crippen molar-refractivity contribution in [2.24, 2.45) is 0 Å². The maximum atomic E-state index is 5.75. The van der Waals surface area contributed by atoms with Gasteiger partial charge >= 0.3 is 6.01 Å². The van der Waals surface area contributed by atoms with E-state index in [1.807, 2.05) is 42.7 Å². The van der Waals surface area contributed by atoms with Crippen molar-refractivity contribution >= 4 is 11.8 Å². The van der Waals surface area contributed by atoms with E-state index in [4.69, 9.17) is 4.74 Å². The molecular weight excluding hydrogens is 306 g/mol. The maximum absolute atomic E-state index is 5.75. The van der Waals surface area contributed by atoms with E-state index in [-0.39, 0.29) is 6.10 Å². The fourth-order valence-electron chi connectivity index (χ4n) is 2.05. The topological polar surface area (TPSA) is 47.0 Å². The predicted molar refractivity (Wildman–Crippen MR) is 92.7 cm³/mol. The van der Waals surface area contributed by atoms with Crippen LogP contribution in [-0.2, 0) is 0 Å². The highest BCUT2D eigenvalue weighted by atomic mass is 32.2. The molecule has 0 spiro atoms. The summed E-state index contributed by atoms with van der Waals surface area (Å²) >= 11 is 1.72. The van der Waals surface area contributed by atoms with E-state index in [9.17, 15) is 0 Å². The quantitative estimate of drug-likeness (QED) is 0.876. The fraction of sp³-hybridized carbons (Fsp3) is 0.222. The van der Waals surface area contributed by atoms with Gasteiger partial charge in [-0.25, -0.2) is 9.97 Å². The number of allylic oxidation sites excluding steroid dienone is 1. The lowest BCUT2D eigenvalue weighted by Crippen LogP contribution is -2.15. The molecule has 2 atom stereocenters. The largest absolute Gasteiger partial charge is 0.456 e. The van der Waals surface area contributed by atoms with Crippen molar-refractivity contribution in [3.8, 4) is 17.9 Å². The van der Waals surface area contributed by atoms with Crippen LogP contribution in [0.1, 0.15) is 31.1 Å². The lowest BCUT2D eigenvalue weighted by molar-refractivity contribution is 0.207. The summed E-state index contributed by atoms with van der Waals surface area (Å²) in [5.41, 5.74) is 2.78. The molecule has 0 aliphatic carbocycles. The molecule has 1 aromatic carbocycles. The van der Waals surface area contributed by atoms with Crippen LogP contribution >= 0.6 is 11.8 Å². The van der Waals surface area contributed by atoms with Gasteiger partial charge in [0.1, 0.15) is 6.10 Å². The van der Waals surface area contributed by atoms with E-state index >= 15 is 0 Å². The van der Waals surface area contributed by atoms with Crippen molar-refractivity contribution in [3.05, 3.63) is 65.0 Å². The van der Waals surface area contributed by atoms with Crippen molar-refractivity contribution in [2.75, 3.05) is 0 Å². The van der Waals surface area contributed by atoms with Crippen molar-refractivity contribution in [1.29, 1.82) is 0 Å². The van der Waals surface area contributed by atoms with Gasteiger partial charge in [0, 0.05) is 17.8 Å². The zero-order valence-electron chi connectivity index (χ0n) is 13.0. The second kappa shape index (κ2) is 7.21. The number of hydrogen-bond donors (Lipinski definition) is 1. The lowest BCUT2D eigenvalue weighted by atomic mass is 10.1. The van der Waals surface area contributed by atoms with Crippen LogP contribution in [-0.4, -0.2) is 15.3 Å². The number of hydrogen-bond acceptors (Lipinski definition) is 5. The van der Waals surface area contributed by atoms with Gasteiger partial charge in [-0.1, -0.05) is 36.3 Å². The summed E-state index contributed by atoms with van der Waals surface area (Å²) in [6, 6.07) is 10.3. The van der Waals surface area contributed by atoms with Gasteiger partial charge < -0.3 is 10.1 Å². The van der Waals surface area contributed by atoms with Gasteiger partial charge in [-0.2, -0.15) is 0 Å². The molecule has 1 aliphatic rings. The van der Waals surface area contributed by atoms with Crippen LogP contribution in [0.2, 0.25) is 0 Å². The first-order valence-corrected chi connectivity index (χ1v) is 8.33. The van der Waals surface area contributed by atoms with Crippen molar-refractivity contribution in [3.63, 3.8) is 0 Å². The van der Waals surface area contributed by atoms with Crippen LogP contribution in [0.25, 0.3) is 0 Å². The van der Waals surface area contributed by atoms with Gasteiger partial charge in [0.15, 0.2) is 0 Å². The van der Waals surface area contributed by atoms with E-state index in [1.165, 1.54) is 0 Å². The van der Waals surface area contributed by atoms with E-state index in [0.29, 0.717) is 11.4 Å². The minimum atomic E-state index is -0.0977. The Hall–Kier alpha value is -2.45. The Kier molecular flexibility index (Phi) is 4.84. The molecule has 5 heteroatoms. The highest BCUT2D eigenvalue weighted by Crippen LogP contribution is 2.19. The molecule has 0 bridgehead atoms. The van der Waals surface area contributed by atoms with Gasteiger partial charge in [0.25, 0.3) is 0 Å². The monoisotopic (exact) mass is 323 g/mol. The van der Waals surface area contributed by atoms with Gasteiger partial charge in [-0.3, -0.25) is 0 Å². The van der Waals surface area contributed by atoms with Gasteiger partial charge in [0.05, 0.1) is 16.6 Å². The van der Waals surface area contributed by atoms with Crippen LogP contribution in [0.15, 0.2) is 53.8 Å². The van der Waals surface area contributed by atoms with E-state index in [0.717, 1.165) is 16.8 Å². The number of rotatable bonds is 3. The molecule has 3 rings (SSSR count). The van der Waals surface area contributed by atoms with Crippen molar-refractivity contribution < 1.29 is 4.74 Å². The van der Waals surface area contributed by atoms with Crippen LogP contribution in [0, 0.1) is 11.8 Å². The minimum absolute atomic E-state index is 0.0977. The Balaban J connectivity index is 1.62. The molecule has 1 N–H and O–H groups in total. The first-order valence-electron chi connectivity index (χ1n) is 7.38. The molecule has 1 aliphatic heterocycles. The van der Waals surface area contributed by atoms with Crippen LogP contribution in [0.5, 0.6) is 6.01 Å². The molecule has 1 aromatic heterocycles. The average molecular weight is 323 g/mol. The highest BCUT2D eigenvalue weighted by Gasteiger charge is 2.09. The third kappa shape index (κ3) is 4.27. The summed E-state index contributed by atoms with van der Waals surface area (Å²) in [6.07, 6.45) is 3.26. The van der Waals surface area contributed by atoms with Crippen molar-refractivity contribution in [1.82, 2.24) is 15.3 Å². The molecular formula is C18H17N3OS. The normalized spacial score (nSPS) is 17.5. The summed E-state index contributed by atoms with van der Waals surface area (Å²) in [5, 5.41) is 5.67. The lowest BCUT2D eigenvalue weighted by Gasteiger charge is -2.12. The smallest absolute Gasteiger partial charge is 0.316 e. The number of aromatic nitrogens is 2. The third-order valence-electron chi connectivity index (χ3n) is 3.27. The molecule has 2 aromatic rings. The molecule has 2 heterocycles.